The van der Waals surface area contributed by atoms with Gasteiger partial charge in [0.05, 0.1) is 6.10 Å². The Kier molecular flexibility index (Phi) is 3.22. The van der Waals surface area contributed by atoms with Crippen molar-refractivity contribution in [1.29, 1.82) is 0 Å². The number of alkyl halides is 1. The molecule has 0 aliphatic heterocycles. The number of rotatable bonds is 0. The lowest BCUT2D eigenvalue weighted by atomic mass is 9.50. The van der Waals surface area contributed by atoms with Crippen LogP contribution in [0.25, 0.3) is 0 Å². The SMILES string of the molecule is C[C@]12C[C@H](F)[C@H]3[C@@H](CC[C@@H]4CC(=O)CC[C@@H]43)[C@@H]1CC[C@@H]2O. The number of aliphatic hydroxyl groups is 1. The first-order valence-corrected chi connectivity index (χ1v) is 8.84. The summed E-state index contributed by atoms with van der Waals surface area (Å²) >= 11 is 0. The van der Waals surface area contributed by atoms with Crippen molar-refractivity contribution >= 4 is 5.78 Å². The summed E-state index contributed by atoms with van der Waals surface area (Å²) in [6.07, 6.45) is 5.84. The molecule has 0 aromatic heterocycles. The van der Waals surface area contributed by atoms with E-state index in [-0.39, 0.29) is 17.4 Å². The Morgan fingerprint density at radius 2 is 1.95 bits per heavy atom. The maximum absolute atomic E-state index is 15.0. The average molecular weight is 294 g/mol. The van der Waals surface area contributed by atoms with Gasteiger partial charge in [-0.05, 0) is 73.5 Å². The smallest absolute Gasteiger partial charge is 0.133 e. The lowest BCUT2D eigenvalue weighted by Gasteiger charge is -2.56. The molecule has 4 rings (SSSR count). The molecule has 2 nitrogen and oxygen atoms in total. The van der Waals surface area contributed by atoms with Crippen molar-refractivity contribution in [2.24, 2.45) is 35.0 Å². The van der Waals surface area contributed by atoms with Gasteiger partial charge in [-0.25, -0.2) is 4.39 Å². The number of carbonyl (C=O) groups is 1. The molecule has 4 aliphatic rings. The molecule has 0 bridgehead atoms. The molecule has 4 fully saturated rings. The van der Waals surface area contributed by atoms with Crippen LogP contribution in [0, 0.1) is 35.0 Å². The van der Waals surface area contributed by atoms with Crippen LogP contribution in [0.15, 0.2) is 0 Å². The van der Waals surface area contributed by atoms with E-state index in [2.05, 4.69) is 6.92 Å². The molecule has 0 saturated heterocycles. The van der Waals surface area contributed by atoms with Gasteiger partial charge >= 0.3 is 0 Å². The van der Waals surface area contributed by atoms with E-state index in [0.717, 1.165) is 32.1 Å². The molecule has 8 atom stereocenters. The largest absolute Gasteiger partial charge is 0.393 e. The zero-order chi connectivity index (χ0) is 14.8. The molecule has 3 heteroatoms. The monoisotopic (exact) mass is 294 g/mol. The van der Waals surface area contributed by atoms with Gasteiger partial charge in [0.15, 0.2) is 0 Å². The number of aliphatic hydroxyl groups excluding tert-OH is 1. The van der Waals surface area contributed by atoms with E-state index in [4.69, 9.17) is 0 Å². The molecular formula is C18H27FO2. The van der Waals surface area contributed by atoms with E-state index in [1.165, 1.54) is 0 Å². The number of Topliss-reactive ketones (excluding diaryl/α,β-unsaturated/α-hetero) is 1. The summed E-state index contributed by atoms with van der Waals surface area (Å²) in [6.45, 7) is 2.12. The Morgan fingerprint density at radius 1 is 1.14 bits per heavy atom. The second-order valence-electron chi connectivity index (χ2n) is 8.45. The molecule has 0 heterocycles. The minimum Gasteiger partial charge on any atom is -0.393 e. The summed E-state index contributed by atoms with van der Waals surface area (Å²) in [5, 5.41) is 10.3. The van der Waals surface area contributed by atoms with E-state index >= 15 is 4.39 Å². The molecule has 21 heavy (non-hydrogen) atoms. The molecular weight excluding hydrogens is 267 g/mol. The normalized spacial score (nSPS) is 56.5. The van der Waals surface area contributed by atoms with Crippen LogP contribution in [0.4, 0.5) is 4.39 Å². The molecule has 0 unspecified atom stereocenters. The number of hydrogen-bond donors (Lipinski definition) is 1. The van der Waals surface area contributed by atoms with Crippen LogP contribution in [0.1, 0.15) is 58.3 Å². The highest BCUT2D eigenvalue weighted by molar-refractivity contribution is 5.79. The zero-order valence-corrected chi connectivity index (χ0v) is 12.9. The first kappa shape index (κ1) is 14.2. The number of hydrogen-bond acceptors (Lipinski definition) is 2. The molecule has 4 aliphatic carbocycles. The molecule has 0 aromatic rings. The van der Waals surface area contributed by atoms with Crippen molar-refractivity contribution in [3.05, 3.63) is 0 Å². The van der Waals surface area contributed by atoms with E-state index in [1.54, 1.807) is 0 Å². The van der Waals surface area contributed by atoms with Crippen molar-refractivity contribution in [1.82, 2.24) is 0 Å². The number of carbonyl (C=O) groups excluding carboxylic acids is 1. The van der Waals surface area contributed by atoms with Crippen LogP contribution in [-0.4, -0.2) is 23.2 Å². The highest BCUT2D eigenvalue weighted by Gasteiger charge is 2.60. The van der Waals surface area contributed by atoms with Gasteiger partial charge in [0.25, 0.3) is 0 Å². The molecule has 0 spiro atoms. The first-order valence-electron chi connectivity index (χ1n) is 8.84. The predicted octanol–water partition coefficient (Wildman–Crippen LogP) is 3.52. The van der Waals surface area contributed by atoms with E-state index in [9.17, 15) is 9.90 Å². The van der Waals surface area contributed by atoms with Crippen molar-refractivity contribution in [2.75, 3.05) is 0 Å². The molecule has 0 amide bonds. The summed E-state index contributed by atoms with van der Waals surface area (Å²) in [6, 6.07) is 0. The van der Waals surface area contributed by atoms with Crippen LogP contribution in [-0.2, 0) is 4.79 Å². The van der Waals surface area contributed by atoms with Crippen LogP contribution >= 0.6 is 0 Å². The van der Waals surface area contributed by atoms with Crippen LogP contribution in [0.5, 0.6) is 0 Å². The Hall–Kier alpha value is -0.440. The molecule has 1 N–H and O–H groups in total. The highest BCUT2D eigenvalue weighted by atomic mass is 19.1. The summed E-state index contributed by atoms with van der Waals surface area (Å²) in [4.78, 5) is 11.7. The minimum atomic E-state index is -0.773. The number of fused-ring (bicyclic) bond motifs is 5. The summed E-state index contributed by atoms with van der Waals surface area (Å²) in [5.41, 5.74) is -0.197. The van der Waals surface area contributed by atoms with Gasteiger partial charge in [0.1, 0.15) is 12.0 Å². The van der Waals surface area contributed by atoms with Crippen LogP contribution < -0.4 is 0 Å². The second kappa shape index (κ2) is 4.78. The lowest BCUT2D eigenvalue weighted by molar-refractivity contribution is -0.136. The second-order valence-corrected chi connectivity index (χ2v) is 8.45. The molecule has 118 valence electrons. The van der Waals surface area contributed by atoms with Crippen molar-refractivity contribution in [2.45, 2.75) is 70.6 Å². The van der Waals surface area contributed by atoms with Gasteiger partial charge in [0, 0.05) is 12.8 Å². The number of ketones is 1. The minimum absolute atomic E-state index is 0.167. The van der Waals surface area contributed by atoms with Gasteiger partial charge in [-0.1, -0.05) is 6.92 Å². The van der Waals surface area contributed by atoms with E-state index < -0.39 is 6.17 Å². The number of halogens is 1. The molecule has 0 aromatic carbocycles. The van der Waals surface area contributed by atoms with Gasteiger partial charge < -0.3 is 5.11 Å². The van der Waals surface area contributed by atoms with Crippen LogP contribution in [0.3, 0.4) is 0 Å². The fourth-order valence-electron chi connectivity index (χ4n) is 6.65. The van der Waals surface area contributed by atoms with Gasteiger partial charge in [-0.2, -0.15) is 0 Å². The van der Waals surface area contributed by atoms with Crippen LogP contribution in [0.2, 0.25) is 0 Å². The Bertz CT molecular complexity index is 450. The Morgan fingerprint density at radius 3 is 2.76 bits per heavy atom. The fourth-order valence-corrected chi connectivity index (χ4v) is 6.65. The van der Waals surface area contributed by atoms with Gasteiger partial charge in [-0.3, -0.25) is 4.79 Å². The third-order valence-corrected chi connectivity index (χ3v) is 7.64. The van der Waals surface area contributed by atoms with Crippen molar-refractivity contribution < 1.29 is 14.3 Å². The predicted molar refractivity (Wildman–Crippen MR) is 78.4 cm³/mol. The summed E-state index contributed by atoms with van der Waals surface area (Å²) in [7, 11) is 0. The Balaban J connectivity index is 1.63. The summed E-state index contributed by atoms with van der Waals surface area (Å²) in [5.74, 6) is 2.39. The summed E-state index contributed by atoms with van der Waals surface area (Å²) < 4.78 is 15.0. The first-order chi connectivity index (χ1) is 10.0. The maximum atomic E-state index is 15.0. The standard InChI is InChI=1S/C18H27FO2/c1-18-9-15(19)17-12-5-3-11(20)8-10(12)2-4-13(17)14(18)6-7-16(18)21/h10,12-17,21H,2-9H2,1H3/t10-,12+,13+,14+,15+,16+,17-,18+/m1/s1. The third kappa shape index (κ3) is 1.95. The Labute approximate surface area is 126 Å². The lowest BCUT2D eigenvalue weighted by Crippen LogP contribution is -2.54. The van der Waals surface area contributed by atoms with E-state index in [1.807, 2.05) is 0 Å². The topological polar surface area (TPSA) is 37.3 Å². The molecule has 0 radical (unpaired) electrons. The fraction of sp³-hybridized carbons (Fsp3) is 0.944. The zero-order valence-electron chi connectivity index (χ0n) is 12.9. The maximum Gasteiger partial charge on any atom is 0.133 e. The quantitative estimate of drug-likeness (QED) is 0.742. The van der Waals surface area contributed by atoms with E-state index in [0.29, 0.717) is 48.7 Å². The van der Waals surface area contributed by atoms with Crippen molar-refractivity contribution in [3.63, 3.8) is 0 Å². The van der Waals surface area contributed by atoms with Gasteiger partial charge in [-0.15, -0.1) is 0 Å². The third-order valence-electron chi connectivity index (χ3n) is 7.64. The molecule has 4 saturated carbocycles. The average Bonchev–Trinajstić information content (AvgIpc) is 2.74. The van der Waals surface area contributed by atoms with Crippen molar-refractivity contribution in [3.8, 4) is 0 Å². The van der Waals surface area contributed by atoms with Gasteiger partial charge in [0.2, 0.25) is 0 Å². The highest BCUT2D eigenvalue weighted by Crippen LogP contribution is 2.62.